The normalized spacial score (nSPS) is 11.0. The number of aliphatic carboxylic acids is 5. The van der Waals surface area contributed by atoms with Gasteiger partial charge in [-0.2, -0.15) is 0 Å². The molecule has 0 bridgehead atoms. The molecule has 0 saturated carbocycles. The Morgan fingerprint density at radius 1 is 0.783 bits per heavy atom. The van der Waals surface area contributed by atoms with Gasteiger partial charge in [-0.25, -0.2) is 9.59 Å². The Kier molecular flexibility index (Phi) is 13.8. The van der Waals surface area contributed by atoms with Gasteiger partial charge in [0.2, 0.25) is 0 Å². The summed E-state index contributed by atoms with van der Waals surface area (Å²) in [4.78, 5) is 49.9. The van der Waals surface area contributed by atoms with Crippen LogP contribution in [0.15, 0.2) is 0 Å². The first-order valence-corrected chi connectivity index (χ1v) is 5.34. The Morgan fingerprint density at radius 3 is 1.26 bits per heavy atom. The van der Waals surface area contributed by atoms with Crippen molar-refractivity contribution in [1.29, 1.82) is 0 Å². The molecule has 0 aromatic heterocycles. The third-order valence-electron chi connectivity index (χ3n) is 1.94. The van der Waals surface area contributed by atoms with Gasteiger partial charge in [0.05, 0.1) is 19.3 Å². The molecule has 0 aromatic carbocycles. The van der Waals surface area contributed by atoms with E-state index < -0.39 is 60.8 Å². The molecule has 0 amide bonds. The summed E-state index contributed by atoms with van der Waals surface area (Å²) in [7, 11) is 0. The molecule has 13 heteroatoms. The van der Waals surface area contributed by atoms with E-state index in [1.165, 1.54) is 0 Å². The number of rotatable bonds is 8. The molecule has 1 unspecified atom stereocenters. The van der Waals surface area contributed by atoms with Crippen LogP contribution in [0.2, 0.25) is 0 Å². The number of carbonyl (C=O) groups is 5. The van der Waals surface area contributed by atoms with E-state index >= 15 is 0 Å². The predicted octanol–water partition coefficient (Wildman–Crippen LogP) is -3.26. The molecule has 7 N–H and O–H groups in total. The summed E-state index contributed by atoms with van der Waals surface area (Å²) >= 11 is 0. The minimum absolute atomic E-state index is 0. The first-order valence-electron chi connectivity index (χ1n) is 5.34. The summed E-state index contributed by atoms with van der Waals surface area (Å²) in [6.07, 6.45) is -4.83. The van der Waals surface area contributed by atoms with E-state index in [2.05, 4.69) is 0 Å². The average Bonchev–Trinajstić information content (AvgIpc) is 2.25. The van der Waals surface area contributed by atoms with Crippen LogP contribution in [0.1, 0.15) is 19.3 Å². The van der Waals surface area contributed by atoms with E-state index in [-0.39, 0.29) is 37.7 Å². The molecule has 0 aliphatic carbocycles. The van der Waals surface area contributed by atoms with E-state index in [0.29, 0.717) is 0 Å². The molecule has 0 heterocycles. The van der Waals surface area contributed by atoms with Gasteiger partial charge in [-0.15, -0.1) is 0 Å². The number of hydrogen-bond acceptors (Lipinski definition) is 7. The van der Waals surface area contributed by atoms with Crippen LogP contribution in [0, 0.1) is 0 Å². The first-order chi connectivity index (χ1) is 9.81. The van der Waals surface area contributed by atoms with E-state index in [9.17, 15) is 24.0 Å². The summed E-state index contributed by atoms with van der Waals surface area (Å²) in [5.41, 5.74) is -2.74. The predicted molar refractivity (Wildman–Crippen MR) is 71.5 cm³/mol. The molecule has 1 atom stereocenters. The number of hydrogen-bond donors (Lipinski definition) is 7. The van der Waals surface area contributed by atoms with Gasteiger partial charge in [-0.05, 0) is 0 Å². The number of aliphatic hydroxyl groups is 2. The molecule has 0 radical (unpaired) electrons. The van der Waals surface area contributed by atoms with Crippen LogP contribution in [-0.2, 0) is 24.0 Å². The van der Waals surface area contributed by atoms with Crippen molar-refractivity contribution in [2.45, 2.75) is 31.0 Å². The van der Waals surface area contributed by atoms with Gasteiger partial charge in [0.15, 0.2) is 11.7 Å². The van der Waals surface area contributed by atoms with Crippen molar-refractivity contribution >= 4 is 67.6 Å². The fourth-order valence-corrected chi connectivity index (χ4v) is 0.967. The topological polar surface area (TPSA) is 227 Å². The molecule has 0 aromatic rings. The van der Waals surface area contributed by atoms with Gasteiger partial charge >= 0.3 is 67.6 Å². The van der Waals surface area contributed by atoms with Crippen LogP contribution < -0.4 is 0 Å². The van der Waals surface area contributed by atoms with Gasteiger partial charge < -0.3 is 35.7 Å². The quantitative estimate of drug-likeness (QED) is 0.209. The molecular formula is C10H16CaO12. The Balaban J connectivity index is -0.000000354. The number of aliphatic hydroxyl groups excluding tert-OH is 1. The van der Waals surface area contributed by atoms with Crippen LogP contribution in [-0.4, -0.2) is 115 Å². The molecule has 0 rings (SSSR count). The summed E-state index contributed by atoms with van der Waals surface area (Å²) in [6.45, 7) is 0. The second-order valence-corrected chi connectivity index (χ2v) is 3.93. The van der Waals surface area contributed by atoms with Crippen LogP contribution in [0.25, 0.3) is 0 Å². The van der Waals surface area contributed by atoms with Crippen molar-refractivity contribution in [2.24, 2.45) is 0 Å². The molecule has 0 saturated heterocycles. The molecule has 0 aliphatic heterocycles. The number of carboxylic acid groups (broad SMARTS) is 5. The van der Waals surface area contributed by atoms with E-state index in [1.54, 1.807) is 0 Å². The van der Waals surface area contributed by atoms with Crippen LogP contribution >= 0.6 is 0 Å². The molecule has 12 nitrogen and oxygen atoms in total. The maximum atomic E-state index is 10.3. The SMILES string of the molecule is O=C(O)CC(O)(CC(=O)O)C(=O)O.O=C(O)CC(O)C(=O)O.[CaH2]. The zero-order valence-corrected chi connectivity index (χ0v) is 10.9. The second kappa shape index (κ2) is 12.0. The fourth-order valence-electron chi connectivity index (χ4n) is 0.967. The van der Waals surface area contributed by atoms with Crippen molar-refractivity contribution in [3.05, 3.63) is 0 Å². The van der Waals surface area contributed by atoms with Crippen molar-refractivity contribution in [1.82, 2.24) is 0 Å². The standard InChI is InChI=1S/C6H8O7.C4H6O5.Ca.2H/c7-3(8)1-6(13,5(11)12)2-4(9)10;5-2(4(8)9)1-3(6)7;;;/h13H,1-2H2,(H,7,8)(H,9,10)(H,11,12);2,5H,1H2,(H,6,7)(H,8,9);;;. The van der Waals surface area contributed by atoms with E-state index in [0.717, 1.165) is 0 Å². The molecule has 0 spiro atoms. The van der Waals surface area contributed by atoms with Gasteiger partial charge in [-0.1, -0.05) is 0 Å². The molecule has 130 valence electrons. The third kappa shape index (κ3) is 13.9. The molecule has 23 heavy (non-hydrogen) atoms. The minimum atomic E-state index is -2.74. The van der Waals surface area contributed by atoms with Gasteiger partial charge in [0, 0.05) is 0 Å². The van der Waals surface area contributed by atoms with Gasteiger partial charge in [0.25, 0.3) is 0 Å². The summed E-state index contributed by atoms with van der Waals surface area (Å²) in [5.74, 6) is -7.86. The summed E-state index contributed by atoms with van der Waals surface area (Å²) in [6, 6.07) is 0. The summed E-state index contributed by atoms with van der Waals surface area (Å²) < 4.78 is 0. The monoisotopic (exact) mass is 368 g/mol. The second-order valence-electron chi connectivity index (χ2n) is 3.93. The van der Waals surface area contributed by atoms with Crippen molar-refractivity contribution < 1.29 is 59.7 Å². The fraction of sp³-hybridized carbons (Fsp3) is 0.500. The van der Waals surface area contributed by atoms with Crippen molar-refractivity contribution in [3.8, 4) is 0 Å². The zero-order chi connectivity index (χ0) is 18.1. The molecule has 0 aliphatic rings. The third-order valence-corrected chi connectivity index (χ3v) is 1.94. The Hall–Kier alpha value is -1.47. The number of carboxylic acids is 5. The molecular weight excluding hydrogens is 352 g/mol. The van der Waals surface area contributed by atoms with Crippen LogP contribution in [0.4, 0.5) is 0 Å². The molecule has 0 fully saturated rings. The van der Waals surface area contributed by atoms with Crippen LogP contribution in [0.3, 0.4) is 0 Å². The Morgan fingerprint density at radius 2 is 1.13 bits per heavy atom. The van der Waals surface area contributed by atoms with Gasteiger partial charge in [-0.3, -0.25) is 14.4 Å². The van der Waals surface area contributed by atoms with E-state index in [4.69, 9.17) is 35.7 Å². The van der Waals surface area contributed by atoms with Crippen LogP contribution in [0.5, 0.6) is 0 Å². The first kappa shape index (κ1) is 26.4. The van der Waals surface area contributed by atoms with Crippen molar-refractivity contribution in [2.75, 3.05) is 0 Å². The van der Waals surface area contributed by atoms with E-state index in [1.807, 2.05) is 0 Å². The van der Waals surface area contributed by atoms with Gasteiger partial charge in [0.1, 0.15) is 0 Å². The average molecular weight is 368 g/mol. The zero-order valence-electron chi connectivity index (χ0n) is 10.9. The Labute approximate surface area is 158 Å². The maximum absolute atomic E-state index is 10.3. The summed E-state index contributed by atoms with van der Waals surface area (Å²) in [5, 5.41) is 58.0. The van der Waals surface area contributed by atoms with Crippen molar-refractivity contribution in [3.63, 3.8) is 0 Å². The Bertz CT molecular complexity index is 443.